The van der Waals surface area contributed by atoms with Crippen molar-refractivity contribution in [2.45, 2.75) is 12.5 Å². The number of carbonyl (C=O) groups is 1. The molecule has 0 saturated carbocycles. The van der Waals surface area contributed by atoms with Crippen LogP contribution in [0.4, 0.5) is 5.82 Å². The first-order valence-electron chi connectivity index (χ1n) is 7.19. The van der Waals surface area contributed by atoms with Crippen molar-refractivity contribution in [3.05, 3.63) is 18.1 Å². The first-order valence-corrected chi connectivity index (χ1v) is 9.02. The van der Waals surface area contributed by atoms with Crippen molar-refractivity contribution in [1.82, 2.24) is 15.3 Å². The average molecular weight is 326 g/mol. The van der Waals surface area contributed by atoms with Crippen molar-refractivity contribution in [2.24, 2.45) is 0 Å². The van der Waals surface area contributed by atoms with Crippen molar-refractivity contribution in [1.29, 1.82) is 0 Å². The highest BCUT2D eigenvalue weighted by molar-refractivity contribution is 7.91. The van der Waals surface area contributed by atoms with Crippen LogP contribution in [0.15, 0.2) is 12.4 Å². The number of carbonyl (C=O) groups excluding carboxylic acids is 1. The lowest BCUT2D eigenvalue weighted by Crippen LogP contribution is -2.38. The molecule has 1 aromatic heterocycles. The molecular formula is C13H18N4O4S. The van der Waals surface area contributed by atoms with Gasteiger partial charge in [-0.1, -0.05) is 0 Å². The van der Waals surface area contributed by atoms with Crippen molar-refractivity contribution in [2.75, 3.05) is 42.7 Å². The largest absolute Gasteiger partial charge is 0.378 e. The van der Waals surface area contributed by atoms with Gasteiger partial charge in [0.1, 0.15) is 17.8 Å². The Morgan fingerprint density at radius 1 is 1.32 bits per heavy atom. The van der Waals surface area contributed by atoms with Gasteiger partial charge in [0.25, 0.3) is 5.91 Å². The van der Waals surface area contributed by atoms with E-state index in [0.29, 0.717) is 25.5 Å². The van der Waals surface area contributed by atoms with Crippen molar-refractivity contribution < 1.29 is 17.9 Å². The van der Waals surface area contributed by atoms with Crippen molar-refractivity contribution >= 4 is 21.6 Å². The van der Waals surface area contributed by atoms with E-state index in [1.807, 2.05) is 4.90 Å². The second-order valence-corrected chi connectivity index (χ2v) is 7.66. The molecule has 0 aromatic carbocycles. The molecule has 9 heteroatoms. The van der Waals surface area contributed by atoms with Gasteiger partial charge in [0.15, 0.2) is 9.84 Å². The summed E-state index contributed by atoms with van der Waals surface area (Å²) in [6.45, 7) is 2.70. The van der Waals surface area contributed by atoms with Crippen molar-refractivity contribution in [3.8, 4) is 0 Å². The molecule has 1 atom stereocenters. The Morgan fingerprint density at radius 2 is 2.09 bits per heavy atom. The molecule has 22 heavy (non-hydrogen) atoms. The molecule has 0 radical (unpaired) electrons. The fraction of sp³-hybridized carbons (Fsp3) is 0.615. The second-order valence-electron chi connectivity index (χ2n) is 5.43. The van der Waals surface area contributed by atoms with Gasteiger partial charge in [0.05, 0.1) is 24.7 Å². The zero-order chi connectivity index (χ0) is 15.6. The summed E-state index contributed by atoms with van der Waals surface area (Å²) >= 11 is 0. The first kappa shape index (κ1) is 15.2. The maximum atomic E-state index is 12.2. The molecule has 2 aliphatic heterocycles. The summed E-state index contributed by atoms with van der Waals surface area (Å²) < 4.78 is 28.1. The molecule has 2 aliphatic rings. The number of aromatic nitrogens is 2. The predicted octanol–water partition coefficient (Wildman–Crippen LogP) is -0.770. The van der Waals surface area contributed by atoms with E-state index >= 15 is 0 Å². The highest BCUT2D eigenvalue weighted by Crippen LogP contribution is 2.15. The number of sulfone groups is 1. The van der Waals surface area contributed by atoms with Crippen LogP contribution >= 0.6 is 0 Å². The first-order chi connectivity index (χ1) is 10.5. The molecule has 0 bridgehead atoms. The topological polar surface area (TPSA) is 101 Å². The molecular weight excluding hydrogens is 308 g/mol. The average Bonchev–Trinajstić information content (AvgIpc) is 2.87. The van der Waals surface area contributed by atoms with Crippen LogP contribution in [0.2, 0.25) is 0 Å². The fourth-order valence-electron chi connectivity index (χ4n) is 2.60. The van der Waals surface area contributed by atoms with Gasteiger partial charge in [0.2, 0.25) is 0 Å². The minimum atomic E-state index is -3.02. The highest BCUT2D eigenvalue weighted by Gasteiger charge is 2.29. The summed E-state index contributed by atoms with van der Waals surface area (Å²) in [6, 6.07) is 1.30. The van der Waals surface area contributed by atoms with Crippen LogP contribution in [0.25, 0.3) is 0 Å². The molecule has 3 rings (SSSR count). The zero-order valence-electron chi connectivity index (χ0n) is 12.1. The van der Waals surface area contributed by atoms with Gasteiger partial charge in [-0.2, -0.15) is 0 Å². The van der Waals surface area contributed by atoms with Gasteiger partial charge in [-0.25, -0.2) is 18.4 Å². The minimum absolute atomic E-state index is 0.000143. The van der Waals surface area contributed by atoms with Crippen LogP contribution in [0.1, 0.15) is 16.9 Å². The minimum Gasteiger partial charge on any atom is -0.378 e. The molecule has 2 saturated heterocycles. The fourth-order valence-corrected chi connectivity index (χ4v) is 4.28. The third-order valence-corrected chi connectivity index (χ3v) is 5.56. The highest BCUT2D eigenvalue weighted by atomic mass is 32.2. The number of ether oxygens (including phenoxy) is 1. The quantitative estimate of drug-likeness (QED) is 0.778. The van der Waals surface area contributed by atoms with Crippen LogP contribution in [0.3, 0.4) is 0 Å². The Labute approximate surface area is 128 Å². The standard InChI is InChI=1S/C13H18N4O4S/c18-13(16-10-1-6-22(19,20)8-10)11-7-12(15-9-14-11)17-2-4-21-5-3-17/h7,9-10H,1-6,8H2,(H,16,18)/t10-/m0/s1. The molecule has 0 spiro atoms. The summed E-state index contributed by atoms with van der Waals surface area (Å²) in [5.74, 6) is 0.447. The van der Waals surface area contributed by atoms with Crippen molar-refractivity contribution in [3.63, 3.8) is 0 Å². The lowest BCUT2D eigenvalue weighted by atomic mass is 10.2. The summed E-state index contributed by atoms with van der Waals surface area (Å²) in [5.41, 5.74) is 0.251. The number of nitrogens with zero attached hydrogens (tertiary/aromatic N) is 3. The molecule has 2 fully saturated rings. The molecule has 1 N–H and O–H groups in total. The number of rotatable bonds is 3. The predicted molar refractivity (Wildman–Crippen MR) is 79.6 cm³/mol. The van der Waals surface area contributed by atoms with Crippen LogP contribution in [-0.4, -0.2) is 68.1 Å². The van der Waals surface area contributed by atoms with Gasteiger partial charge in [-0.05, 0) is 6.42 Å². The smallest absolute Gasteiger partial charge is 0.270 e. The maximum Gasteiger partial charge on any atom is 0.270 e. The Bertz CT molecular complexity index is 658. The number of anilines is 1. The Morgan fingerprint density at radius 3 is 2.77 bits per heavy atom. The monoisotopic (exact) mass is 326 g/mol. The van der Waals surface area contributed by atoms with E-state index in [9.17, 15) is 13.2 Å². The van der Waals surface area contributed by atoms with E-state index in [1.54, 1.807) is 6.07 Å². The van der Waals surface area contributed by atoms with Crippen LogP contribution < -0.4 is 10.2 Å². The van der Waals surface area contributed by atoms with Gasteiger partial charge >= 0.3 is 0 Å². The SMILES string of the molecule is O=C(N[C@H]1CCS(=O)(=O)C1)c1cc(N2CCOCC2)ncn1. The molecule has 120 valence electrons. The lowest BCUT2D eigenvalue weighted by molar-refractivity contribution is 0.0936. The van der Waals surface area contributed by atoms with Crippen LogP contribution in [0, 0.1) is 0 Å². The number of nitrogens with one attached hydrogen (secondary N) is 1. The van der Waals surface area contributed by atoms with Gasteiger partial charge in [-0.15, -0.1) is 0 Å². The number of hydrogen-bond donors (Lipinski definition) is 1. The molecule has 0 unspecified atom stereocenters. The molecule has 3 heterocycles. The normalized spacial score (nSPS) is 24.2. The van der Waals surface area contributed by atoms with E-state index < -0.39 is 9.84 Å². The summed E-state index contributed by atoms with van der Waals surface area (Å²) in [7, 11) is -3.02. The van der Waals surface area contributed by atoms with E-state index in [4.69, 9.17) is 4.74 Å². The van der Waals surface area contributed by atoms with Gasteiger partial charge in [-0.3, -0.25) is 4.79 Å². The zero-order valence-corrected chi connectivity index (χ0v) is 12.9. The Hall–Kier alpha value is -1.74. The van der Waals surface area contributed by atoms with Crippen LogP contribution in [-0.2, 0) is 14.6 Å². The number of hydrogen-bond acceptors (Lipinski definition) is 7. The summed E-state index contributed by atoms with van der Waals surface area (Å²) in [5, 5.41) is 2.73. The molecule has 8 nitrogen and oxygen atoms in total. The number of morpholine rings is 1. The van der Waals surface area contributed by atoms with Crippen LogP contribution in [0.5, 0.6) is 0 Å². The third-order valence-electron chi connectivity index (χ3n) is 3.79. The Balaban J connectivity index is 1.67. The molecule has 0 aliphatic carbocycles. The van der Waals surface area contributed by atoms with E-state index in [1.165, 1.54) is 6.33 Å². The van der Waals surface area contributed by atoms with Gasteiger partial charge < -0.3 is 15.0 Å². The lowest BCUT2D eigenvalue weighted by Gasteiger charge is -2.27. The Kier molecular flexibility index (Phi) is 4.25. The summed E-state index contributed by atoms with van der Waals surface area (Å²) in [4.78, 5) is 22.4. The second kappa shape index (κ2) is 6.17. The van der Waals surface area contributed by atoms with E-state index in [0.717, 1.165) is 13.1 Å². The van der Waals surface area contributed by atoms with E-state index in [-0.39, 0.29) is 29.1 Å². The maximum absolute atomic E-state index is 12.2. The van der Waals surface area contributed by atoms with Gasteiger partial charge in [0, 0.05) is 25.2 Å². The molecule has 1 amide bonds. The third kappa shape index (κ3) is 3.53. The van der Waals surface area contributed by atoms with E-state index in [2.05, 4.69) is 15.3 Å². The number of amides is 1. The molecule has 1 aromatic rings. The summed E-state index contributed by atoms with van der Waals surface area (Å²) in [6.07, 6.45) is 1.81.